The van der Waals surface area contributed by atoms with Crippen molar-refractivity contribution in [1.29, 1.82) is 0 Å². The molecule has 1 fully saturated rings. The molecule has 2 aromatic rings. The van der Waals surface area contributed by atoms with E-state index < -0.39 is 0 Å². The number of rotatable bonds is 2. The van der Waals surface area contributed by atoms with E-state index in [4.69, 9.17) is 4.42 Å². The number of ketones is 1. The predicted octanol–water partition coefficient (Wildman–Crippen LogP) is 2.03. The van der Waals surface area contributed by atoms with E-state index >= 15 is 0 Å². The van der Waals surface area contributed by atoms with Crippen LogP contribution >= 0.6 is 0 Å². The first-order valence-electron chi connectivity index (χ1n) is 8.93. The fourth-order valence-electron chi connectivity index (χ4n) is 3.81. The van der Waals surface area contributed by atoms with E-state index in [0.717, 1.165) is 24.1 Å². The summed E-state index contributed by atoms with van der Waals surface area (Å²) in [6, 6.07) is 3.33. The summed E-state index contributed by atoms with van der Waals surface area (Å²) in [5.41, 5.74) is 2.85. The maximum atomic E-state index is 12.9. The molecule has 7 nitrogen and oxygen atoms in total. The van der Waals surface area contributed by atoms with Crippen molar-refractivity contribution in [2.45, 2.75) is 26.2 Å². The third-order valence-electron chi connectivity index (χ3n) is 5.24. The van der Waals surface area contributed by atoms with Crippen molar-refractivity contribution in [3.63, 3.8) is 0 Å². The Balaban J connectivity index is 1.46. The summed E-state index contributed by atoms with van der Waals surface area (Å²) >= 11 is 0. The number of nitrogens with zero attached hydrogens (tertiary/aromatic N) is 2. The fraction of sp³-hybridized carbons (Fsp3) is 0.421. The standard InChI is InChI=1S/C19H21N3O4/c1-12-16-13(4-2-5-14(16)23)20-17(12)19(25)22-9-7-21(8-10-22)18(24)15-6-3-11-26-15/h3,6,11,20H,2,4-5,7-10H2,1H3. The number of H-pyrrole nitrogens is 1. The molecule has 7 heteroatoms. The molecule has 1 aliphatic carbocycles. The molecule has 1 saturated heterocycles. The summed E-state index contributed by atoms with van der Waals surface area (Å²) in [5.74, 6) is 0.179. The third kappa shape index (κ3) is 2.73. The van der Waals surface area contributed by atoms with Crippen LogP contribution < -0.4 is 0 Å². The second-order valence-electron chi connectivity index (χ2n) is 6.82. The molecule has 136 valence electrons. The fourth-order valence-corrected chi connectivity index (χ4v) is 3.81. The Hall–Kier alpha value is -2.83. The molecule has 1 aliphatic heterocycles. The van der Waals surface area contributed by atoms with Crippen molar-refractivity contribution in [1.82, 2.24) is 14.8 Å². The molecule has 0 spiro atoms. The van der Waals surface area contributed by atoms with Crippen LogP contribution in [0.15, 0.2) is 22.8 Å². The number of nitrogens with one attached hydrogen (secondary N) is 1. The molecule has 26 heavy (non-hydrogen) atoms. The predicted molar refractivity (Wildman–Crippen MR) is 93.3 cm³/mol. The summed E-state index contributed by atoms with van der Waals surface area (Å²) in [6.45, 7) is 3.68. The average molecular weight is 355 g/mol. The molecular formula is C19H21N3O4. The summed E-state index contributed by atoms with van der Waals surface area (Å²) in [7, 11) is 0. The number of furan rings is 1. The van der Waals surface area contributed by atoms with Crippen molar-refractivity contribution < 1.29 is 18.8 Å². The zero-order valence-electron chi connectivity index (χ0n) is 14.7. The van der Waals surface area contributed by atoms with Gasteiger partial charge in [-0.05, 0) is 37.5 Å². The van der Waals surface area contributed by atoms with E-state index in [0.29, 0.717) is 49.6 Å². The van der Waals surface area contributed by atoms with Crippen LogP contribution in [0.4, 0.5) is 0 Å². The van der Waals surface area contributed by atoms with E-state index in [1.54, 1.807) is 21.9 Å². The molecule has 0 bridgehead atoms. The van der Waals surface area contributed by atoms with Gasteiger partial charge in [0.25, 0.3) is 11.8 Å². The van der Waals surface area contributed by atoms with Crippen LogP contribution in [-0.4, -0.2) is 58.6 Å². The number of hydrogen-bond donors (Lipinski definition) is 1. The number of Topliss-reactive ketones (excluding diaryl/α,β-unsaturated/α-hetero) is 1. The minimum absolute atomic E-state index is 0.102. The van der Waals surface area contributed by atoms with Gasteiger partial charge in [-0.3, -0.25) is 14.4 Å². The van der Waals surface area contributed by atoms with Gasteiger partial charge in [-0.1, -0.05) is 0 Å². The van der Waals surface area contributed by atoms with Crippen molar-refractivity contribution in [3.8, 4) is 0 Å². The van der Waals surface area contributed by atoms with E-state index in [2.05, 4.69) is 4.98 Å². The summed E-state index contributed by atoms with van der Waals surface area (Å²) in [6.07, 6.45) is 3.66. The molecule has 0 radical (unpaired) electrons. The van der Waals surface area contributed by atoms with E-state index in [9.17, 15) is 14.4 Å². The highest BCUT2D eigenvalue weighted by molar-refractivity contribution is 6.04. The van der Waals surface area contributed by atoms with Crippen molar-refractivity contribution in [2.24, 2.45) is 0 Å². The number of aryl methyl sites for hydroxylation is 1. The Bertz CT molecular complexity index is 858. The number of aromatic amines is 1. The summed E-state index contributed by atoms with van der Waals surface area (Å²) in [5, 5.41) is 0. The van der Waals surface area contributed by atoms with Gasteiger partial charge < -0.3 is 19.2 Å². The van der Waals surface area contributed by atoms with Gasteiger partial charge in [-0.25, -0.2) is 0 Å². The highest BCUT2D eigenvalue weighted by atomic mass is 16.3. The van der Waals surface area contributed by atoms with Crippen molar-refractivity contribution in [3.05, 3.63) is 46.7 Å². The van der Waals surface area contributed by atoms with Gasteiger partial charge in [0.1, 0.15) is 5.69 Å². The molecule has 1 N–H and O–H groups in total. The first-order valence-corrected chi connectivity index (χ1v) is 8.93. The summed E-state index contributed by atoms with van der Waals surface area (Å²) < 4.78 is 5.16. The number of carbonyl (C=O) groups is 3. The van der Waals surface area contributed by atoms with Gasteiger partial charge in [-0.15, -0.1) is 0 Å². The zero-order chi connectivity index (χ0) is 18.3. The first-order chi connectivity index (χ1) is 12.6. The maximum Gasteiger partial charge on any atom is 0.289 e. The molecule has 2 aliphatic rings. The van der Waals surface area contributed by atoms with Gasteiger partial charge in [0.15, 0.2) is 11.5 Å². The number of carbonyl (C=O) groups excluding carboxylic acids is 3. The van der Waals surface area contributed by atoms with E-state index in [1.165, 1.54) is 6.26 Å². The lowest BCUT2D eigenvalue weighted by atomic mass is 9.93. The topological polar surface area (TPSA) is 86.6 Å². The molecule has 0 saturated carbocycles. The van der Waals surface area contributed by atoms with Gasteiger partial charge in [0.2, 0.25) is 0 Å². The van der Waals surface area contributed by atoms with Gasteiger partial charge in [0, 0.05) is 43.9 Å². The first kappa shape index (κ1) is 16.6. The number of hydrogen-bond acceptors (Lipinski definition) is 4. The Morgan fingerprint density at radius 2 is 1.77 bits per heavy atom. The molecule has 0 unspecified atom stereocenters. The van der Waals surface area contributed by atoms with Gasteiger partial charge in [-0.2, -0.15) is 0 Å². The number of amides is 2. The molecule has 0 atom stereocenters. The quantitative estimate of drug-likeness (QED) is 0.893. The second-order valence-corrected chi connectivity index (χ2v) is 6.82. The maximum absolute atomic E-state index is 12.9. The Morgan fingerprint density at radius 1 is 1.08 bits per heavy atom. The van der Waals surface area contributed by atoms with Crippen LogP contribution in [0.5, 0.6) is 0 Å². The Labute approximate surface area is 150 Å². The van der Waals surface area contributed by atoms with E-state index in [-0.39, 0.29) is 17.6 Å². The lowest BCUT2D eigenvalue weighted by Gasteiger charge is -2.34. The molecule has 3 heterocycles. The largest absolute Gasteiger partial charge is 0.459 e. The van der Waals surface area contributed by atoms with Crippen molar-refractivity contribution >= 4 is 17.6 Å². The molecule has 0 aromatic carbocycles. The molecular weight excluding hydrogens is 334 g/mol. The molecule has 2 aromatic heterocycles. The van der Waals surface area contributed by atoms with Crippen LogP contribution in [0, 0.1) is 6.92 Å². The third-order valence-corrected chi connectivity index (χ3v) is 5.24. The number of fused-ring (bicyclic) bond motifs is 1. The summed E-state index contributed by atoms with van der Waals surface area (Å²) in [4.78, 5) is 44.0. The van der Waals surface area contributed by atoms with Crippen LogP contribution in [-0.2, 0) is 6.42 Å². The van der Waals surface area contributed by atoms with Crippen LogP contribution in [0.1, 0.15) is 55.5 Å². The molecule has 4 rings (SSSR count). The number of aromatic nitrogens is 1. The highest BCUT2D eigenvalue weighted by Gasteiger charge is 2.31. The monoisotopic (exact) mass is 355 g/mol. The van der Waals surface area contributed by atoms with Gasteiger partial charge in [0.05, 0.1) is 6.26 Å². The van der Waals surface area contributed by atoms with Crippen LogP contribution in [0.25, 0.3) is 0 Å². The van der Waals surface area contributed by atoms with Crippen LogP contribution in [0.3, 0.4) is 0 Å². The number of piperazine rings is 1. The Morgan fingerprint density at radius 3 is 2.38 bits per heavy atom. The minimum Gasteiger partial charge on any atom is -0.459 e. The SMILES string of the molecule is Cc1c(C(=O)N2CCN(C(=O)c3ccco3)CC2)[nH]c2c1C(=O)CCC2. The van der Waals surface area contributed by atoms with Gasteiger partial charge >= 0.3 is 0 Å². The smallest absolute Gasteiger partial charge is 0.289 e. The normalized spacial score (nSPS) is 17.3. The minimum atomic E-state index is -0.154. The average Bonchev–Trinajstić information content (AvgIpc) is 3.30. The lowest BCUT2D eigenvalue weighted by molar-refractivity contribution is 0.0515. The molecule has 2 amide bonds. The van der Waals surface area contributed by atoms with Crippen molar-refractivity contribution in [2.75, 3.05) is 26.2 Å². The highest BCUT2D eigenvalue weighted by Crippen LogP contribution is 2.27. The second kappa shape index (κ2) is 6.48. The van der Waals surface area contributed by atoms with E-state index in [1.807, 2.05) is 6.92 Å². The van der Waals surface area contributed by atoms with Crippen LogP contribution in [0.2, 0.25) is 0 Å². The zero-order valence-corrected chi connectivity index (χ0v) is 14.7. The Kier molecular flexibility index (Phi) is 4.14. The lowest BCUT2D eigenvalue weighted by Crippen LogP contribution is -2.50.